The van der Waals surface area contributed by atoms with Crippen LogP contribution in [0.25, 0.3) is 0 Å². The average molecular weight is 219 g/mol. The zero-order chi connectivity index (χ0) is 11.4. The quantitative estimate of drug-likeness (QED) is 0.637. The molecule has 0 aromatic carbocycles. The van der Waals surface area contributed by atoms with Crippen LogP contribution in [-0.2, 0) is 4.57 Å². The molecule has 0 N–H and O–H groups in total. The van der Waals surface area contributed by atoms with Crippen molar-refractivity contribution >= 4 is 7.14 Å². The van der Waals surface area contributed by atoms with Crippen LogP contribution in [0, 0.1) is 0 Å². The lowest BCUT2D eigenvalue weighted by Crippen LogP contribution is -2.28. The lowest BCUT2D eigenvalue weighted by Gasteiger charge is -2.31. The summed E-state index contributed by atoms with van der Waals surface area (Å²) in [6.45, 7) is 14.6. The van der Waals surface area contributed by atoms with E-state index in [0.29, 0.717) is 11.3 Å². The fourth-order valence-electron chi connectivity index (χ4n) is 1.66. The van der Waals surface area contributed by atoms with Gasteiger partial charge < -0.3 is 4.57 Å². The molecule has 0 saturated heterocycles. The molecule has 0 amide bonds. The van der Waals surface area contributed by atoms with Crippen LogP contribution in [0.2, 0.25) is 0 Å². The van der Waals surface area contributed by atoms with Gasteiger partial charge in [-0.05, 0) is 13.1 Å². The van der Waals surface area contributed by atoms with Gasteiger partial charge in [-0.25, -0.2) is 0 Å². The average Bonchev–Trinajstić information content (AvgIpc) is 2.13. The molecule has 0 aliphatic heterocycles. The molecule has 0 aliphatic rings. The summed E-state index contributed by atoms with van der Waals surface area (Å²) in [5.41, 5.74) is 0.617. The van der Waals surface area contributed by atoms with Gasteiger partial charge in [0.1, 0.15) is 7.14 Å². The molecule has 0 unspecified atom stereocenters. The number of hydrogen-bond acceptors (Lipinski definition) is 2. The second-order valence-electron chi connectivity index (χ2n) is 4.49. The maximum Gasteiger partial charge on any atom is 0.106 e. The zero-order valence-electron chi connectivity index (χ0n) is 10.6. The van der Waals surface area contributed by atoms with Crippen LogP contribution < -0.4 is 0 Å². The minimum Gasteiger partial charge on any atom is -0.322 e. The highest BCUT2D eigenvalue weighted by Crippen LogP contribution is 2.55. The van der Waals surface area contributed by atoms with Crippen LogP contribution >= 0.6 is 7.14 Å². The van der Waals surface area contributed by atoms with Crippen LogP contribution in [0.5, 0.6) is 0 Å². The maximum absolute atomic E-state index is 12.7. The predicted molar refractivity (Wildman–Crippen MR) is 65.7 cm³/mol. The molecular formula is C11H26NOP. The van der Waals surface area contributed by atoms with E-state index in [-0.39, 0.29) is 0 Å². The summed E-state index contributed by atoms with van der Waals surface area (Å²) in [5, 5.41) is 0. The van der Waals surface area contributed by atoms with Gasteiger partial charge in [-0.2, -0.15) is 0 Å². The van der Waals surface area contributed by atoms with Crippen molar-refractivity contribution in [2.75, 3.05) is 19.4 Å². The van der Waals surface area contributed by atoms with Crippen LogP contribution in [0.3, 0.4) is 0 Å². The van der Waals surface area contributed by atoms with E-state index in [2.05, 4.69) is 46.4 Å². The van der Waals surface area contributed by atoms with Gasteiger partial charge in [0, 0.05) is 11.3 Å². The van der Waals surface area contributed by atoms with Gasteiger partial charge >= 0.3 is 0 Å². The first-order valence-corrected chi connectivity index (χ1v) is 7.72. The van der Waals surface area contributed by atoms with Gasteiger partial charge in [-0.3, -0.25) is 4.90 Å². The number of nitrogens with zero attached hydrogens (tertiary/aromatic N) is 1. The Morgan fingerprint density at radius 3 is 1.57 bits per heavy atom. The molecule has 0 radical (unpaired) electrons. The standard InChI is InChI=1S/C11H26NOP/c1-7-12(8-2)9-14(13,10(3)4)11(5)6/h10-11H,7-9H2,1-6H3. The van der Waals surface area contributed by atoms with E-state index in [1.165, 1.54) is 0 Å². The summed E-state index contributed by atoms with van der Waals surface area (Å²) in [6, 6.07) is 0. The van der Waals surface area contributed by atoms with Crippen molar-refractivity contribution in [1.82, 2.24) is 4.90 Å². The number of rotatable bonds is 6. The molecule has 0 spiro atoms. The summed E-state index contributed by atoms with van der Waals surface area (Å²) in [5.74, 6) is 0. The fraction of sp³-hybridized carbons (Fsp3) is 1.00. The van der Waals surface area contributed by atoms with Crippen LogP contribution in [0.1, 0.15) is 41.5 Å². The normalized spacial score (nSPS) is 13.2. The van der Waals surface area contributed by atoms with Gasteiger partial charge in [-0.1, -0.05) is 41.5 Å². The first-order chi connectivity index (χ1) is 6.38. The van der Waals surface area contributed by atoms with Gasteiger partial charge in [-0.15, -0.1) is 0 Å². The molecule has 0 aliphatic carbocycles. The highest BCUT2D eigenvalue weighted by Gasteiger charge is 2.31. The molecule has 0 fully saturated rings. The van der Waals surface area contributed by atoms with Crippen LogP contribution in [-0.4, -0.2) is 35.6 Å². The highest BCUT2D eigenvalue weighted by molar-refractivity contribution is 7.65. The largest absolute Gasteiger partial charge is 0.322 e. The van der Waals surface area contributed by atoms with Crippen molar-refractivity contribution in [3.8, 4) is 0 Å². The molecule has 0 saturated carbocycles. The van der Waals surface area contributed by atoms with Crippen molar-refractivity contribution < 1.29 is 4.57 Å². The third-order valence-corrected chi connectivity index (χ3v) is 7.40. The molecule has 2 nitrogen and oxygen atoms in total. The smallest absolute Gasteiger partial charge is 0.106 e. The third kappa shape index (κ3) is 3.40. The van der Waals surface area contributed by atoms with Crippen molar-refractivity contribution in [3.63, 3.8) is 0 Å². The molecule has 14 heavy (non-hydrogen) atoms. The van der Waals surface area contributed by atoms with Gasteiger partial charge in [0.25, 0.3) is 0 Å². The Morgan fingerprint density at radius 2 is 1.36 bits per heavy atom. The molecule has 0 aromatic rings. The summed E-state index contributed by atoms with van der Waals surface area (Å²) < 4.78 is 12.7. The Morgan fingerprint density at radius 1 is 1.00 bits per heavy atom. The lowest BCUT2D eigenvalue weighted by atomic mass is 10.5. The van der Waals surface area contributed by atoms with Crippen LogP contribution in [0.4, 0.5) is 0 Å². The van der Waals surface area contributed by atoms with E-state index in [1.807, 2.05) is 0 Å². The Balaban J connectivity index is 4.61. The minimum atomic E-state index is -2.03. The first kappa shape index (κ1) is 14.2. The van der Waals surface area contributed by atoms with E-state index in [1.54, 1.807) is 0 Å². The molecule has 0 atom stereocenters. The summed E-state index contributed by atoms with van der Waals surface area (Å²) in [4.78, 5) is 2.28. The zero-order valence-corrected chi connectivity index (χ0v) is 11.5. The summed E-state index contributed by atoms with van der Waals surface area (Å²) in [6.07, 6.45) is 0.787. The SMILES string of the molecule is CCN(CC)CP(=O)(C(C)C)C(C)C. The van der Waals surface area contributed by atoms with Crippen molar-refractivity contribution in [3.05, 3.63) is 0 Å². The van der Waals surface area contributed by atoms with Crippen molar-refractivity contribution in [1.29, 1.82) is 0 Å². The van der Waals surface area contributed by atoms with E-state index < -0.39 is 7.14 Å². The van der Waals surface area contributed by atoms with Gasteiger partial charge in [0.2, 0.25) is 0 Å². The van der Waals surface area contributed by atoms with Gasteiger partial charge in [0.15, 0.2) is 0 Å². The van der Waals surface area contributed by atoms with E-state index in [9.17, 15) is 4.57 Å². The first-order valence-electron chi connectivity index (χ1n) is 5.69. The molecular weight excluding hydrogens is 193 g/mol. The molecule has 0 aromatic heterocycles. The monoisotopic (exact) mass is 219 g/mol. The molecule has 3 heteroatoms. The minimum absolute atomic E-state index is 0.308. The Bertz CT molecular complexity index is 185. The highest BCUT2D eigenvalue weighted by atomic mass is 31.2. The molecule has 0 bridgehead atoms. The van der Waals surface area contributed by atoms with Gasteiger partial charge in [0.05, 0.1) is 6.29 Å². The Hall–Kier alpha value is 0.190. The molecule has 0 heterocycles. The fourth-order valence-corrected chi connectivity index (χ4v) is 4.53. The maximum atomic E-state index is 12.7. The van der Waals surface area contributed by atoms with E-state index in [0.717, 1.165) is 19.4 Å². The number of hydrogen-bond donors (Lipinski definition) is 0. The Kier molecular flexibility index (Phi) is 6.00. The van der Waals surface area contributed by atoms with E-state index in [4.69, 9.17) is 0 Å². The van der Waals surface area contributed by atoms with Crippen molar-refractivity contribution in [2.45, 2.75) is 52.9 Å². The summed E-state index contributed by atoms with van der Waals surface area (Å²) >= 11 is 0. The summed E-state index contributed by atoms with van der Waals surface area (Å²) in [7, 11) is -2.03. The predicted octanol–water partition coefficient (Wildman–Crippen LogP) is 3.47. The van der Waals surface area contributed by atoms with E-state index >= 15 is 0 Å². The molecule has 0 rings (SSSR count). The van der Waals surface area contributed by atoms with Crippen molar-refractivity contribution in [2.24, 2.45) is 0 Å². The molecule has 86 valence electrons. The third-order valence-electron chi connectivity index (χ3n) is 3.06. The second kappa shape index (κ2) is 5.92. The topological polar surface area (TPSA) is 20.3 Å². The Labute approximate surface area is 89.4 Å². The lowest BCUT2D eigenvalue weighted by molar-refractivity contribution is 0.345. The van der Waals surface area contributed by atoms with Crippen LogP contribution in [0.15, 0.2) is 0 Å². The second-order valence-corrected chi connectivity index (χ2v) is 8.54.